The largest absolute Gasteiger partial charge is 1.00 e. The van der Waals surface area contributed by atoms with Crippen molar-refractivity contribution in [2.45, 2.75) is 194 Å². The summed E-state index contributed by atoms with van der Waals surface area (Å²) < 4.78 is 0. The molecule has 0 aromatic rings. The molecule has 0 spiro atoms. The summed E-state index contributed by atoms with van der Waals surface area (Å²) in [6, 6.07) is 0. The third-order valence-corrected chi connectivity index (χ3v) is 7.66. The SMILES string of the molecule is CCCCCCCC/C=C\CCCCCCCC[N-]CCCCCCCC/C=C\CCCCCCCC.[Na+]. The van der Waals surface area contributed by atoms with E-state index in [1.807, 2.05) is 0 Å². The van der Waals surface area contributed by atoms with E-state index in [0.29, 0.717) is 0 Å². The van der Waals surface area contributed by atoms with Gasteiger partial charge in [-0.15, -0.1) is 13.1 Å². The average molecular weight is 540 g/mol. The van der Waals surface area contributed by atoms with E-state index in [0.717, 1.165) is 13.1 Å². The van der Waals surface area contributed by atoms with Crippen LogP contribution >= 0.6 is 0 Å². The molecular weight excluding hydrogens is 469 g/mol. The normalized spacial score (nSPS) is 11.6. The minimum Gasteiger partial charge on any atom is -0.662 e. The number of allylic oxidation sites excluding steroid dienone is 4. The Kier molecular flexibility index (Phi) is 42.3. The van der Waals surface area contributed by atoms with Crippen LogP contribution in [0, 0.1) is 0 Å². The fourth-order valence-electron chi connectivity index (χ4n) is 5.05. The molecule has 0 amide bonds. The molecule has 0 radical (unpaired) electrons. The van der Waals surface area contributed by atoms with Crippen LogP contribution in [0.2, 0.25) is 0 Å². The summed E-state index contributed by atoms with van der Waals surface area (Å²) in [5.74, 6) is 0. The van der Waals surface area contributed by atoms with Crippen LogP contribution in [0.3, 0.4) is 0 Å². The van der Waals surface area contributed by atoms with Gasteiger partial charge < -0.3 is 5.32 Å². The summed E-state index contributed by atoms with van der Waals surface area (Å²) in [5.41, 5.74) is 0. The summed E-state index contributed by atoms with van der Waals surface area (Å²) in [6.45, 7) is 6.79. The Labute approximate surface area is 264 Å². The number of unbranched alkanes of at least 4 members (excludes halogenated alkanes) is 24. The van der Waals surface area contributed by atoms with Crippen LogP contribution in [-0.2, 0) is 0 Å². The maximum Gasteiger partial charge on any atom is 1.00 e. The van der Waals surface area contributed by atoms with Gasteiger partial charge in [-0.1, -0.05) is 167 Å². The van der Waals surface area contributed by atoms with Crippen molar-refractivity contribution >= 4 is 0 Å². The molecule has 0 aromatic heterocycles. The summed E-state index contributed by atoms with van der Waals surface area (Å²) in [7, 11) is 0. The third kappa shape index (κ3) is 38.6. The van der Waals surface area contributed by atoms with E-state index in [1.165, 1.54) is 180 Å². The Bertz CT molecular complexity index is 405. The molecule has 0 rings (SSSR count). The minimum atomic E-state index is 0. The molecule has 220 valence electrons. The van der Waals surface area contributed by atoms with E-state index >= 15 is 0 Å². The van der Waals surface area contributed by atoms with Crippen LogP contribution in [0.5, 0.6) is 0 Å². The molecule has 0 bridgehead atoms. The number of nitrogens with zero attached hydrogens (tertiary/aromatic N) is 1. The Morgan fingerprint density at radius 1 is 0.316 bits per heavy atom. The van der Waals surface area contributed by atoms with Crippen LogP contribution in [0.1, 0.15) is 194 Å². The van der Waals surface area contributed by atoms with Crippen molar-refractivity contribution in [1.82, 2.24) is 0 Å². The first-order valence-electron chi connectivity index (χ1n) is 17.3. The first kappa shape index (κ1) is 40.6. The van der Waals surface area contributed by atoms with Crippen molar-refractivity contribution in [2.75, 3.05) is 13.1 Å². The van der Waals surface area contributed by atoms with Gasteiger partial charge in [0.25, 0.3) is 0 Å². The molecule has 0 fully saturated rings. The Morgan fingerprint density at radius 3 is 0.842 bits per heavy atom. The first-order chi connectivity index (χ1) is 18.4. The second-order valence-corrected chi connectivity index (χ2v) is 11.5. The maximum absolute atomic E-state index is 4.76. The van der Waals surface area contributed by atoms with Crippen molar-refractivity contribution in [3.05, 3.63) is 29.6 Å². The monoisotopic (exact) mass is 540 g/mol. The van der Waals surface area contributed by atoms with Gasteiger partial charge in [0, 0.05) is 0 Å². The van der Waals surface area contributed by atoms with Crippen molar-refractivity contribution in [3.63, 3.8) is 0 Å². The molecule has 0 unspecified atom stereocenters. The Morgan fingerprint density at radius 2 is 0.553 bits per heavy atom. The number of hydrogen-bond acceptors (Lipinski definition) is 0. The molecular formula is C36H70NNa. The minimum absolute atomic E-state index is 0. The van der Waals surface area contributed by atoms with Gasteiger partial charge >= 0.3 is 29.6 Å². The second-order valence-electron chi connectivity index (χ2n) is 11.5. The topological polar surface area (TPSA) is 14.1 Å². The zero-order valence-corrected chi connectivity index (χ0v) is 29.0. The summed E-state index contributed by atoms with van der Waals surface area (Å²) >= 11 is 0. The second kappa shape index (κ2) is 39.6. The van der Waals surface area contributed by atoms with Gasteiger partial charge in [-0.2, -0.15) is 0 Å². The number of hydrogen-bond donors (Lipinski definition) is 0. The van der Waals surface area contributed by atoms with Gasteiger partial charge in [0.05, 0.1) is 0 Å². The van der Waals surface area contributed by atoms with E-state index in [2.05, 4.69) is 38.2 Å². The predicted molar refractivity (Wildman–Crippen MR) is 172 cm³/mol. The zero-order chi connectivity index (χ0) is 26.7. The Balaban J connectivity index is 0. The molecule has 0 aliphatic heterocycles. The van der Waals surface area contributed by atoms with E-state index in [1.54, 1.807) is 0 Å². The molecule has 0 aliphatic rings. The van der Waals surface area contributed by atoms with Gasteiger partial charge in [-0.3, -0.25) is 0 Å². The molecule has 0 N–H and O–H groups in total. The molecule has 0 saturated carbocycles. The van der Waals surface area contributed by atoms with E-state index in [-0.39, 0.29) is 29.6 Å². The van der Waals surface area contributed by atoms with Gasteiger partial charge in [0.2, 0.25) is 0 Å². The van der Waals surface area contributed by atoms with Crippen molar-refractivity contribution < 1.29 is 29.6 Å². The molecule has 2 heteroatoms. The van der Waals surface area contributed by atoms with Crippen LogP contribution < -0.4 is 29.6 Å². The summed E-state index contributed by atoms with van der Waals surface area (Å²) in [4.78, 5) is 0. The average Bonchev–Trinajstić information content (AvgIpc) is 2.91. The number of rotatable bonds is 32. The van der Waals surface area contributed by atoms with Crippen molar-refractivity contribution in [2.24, 2.45) is 0 Å². The molecule has 1 nitrogen and oxygen atoms in total. The molecule has 0 heterocycles. The van der Waals surface area contributed by atoms with Crippen LogP contribution in [0.25, 0.3) is 5.32 Å². The smallest absolute Gasteiger partial charge is 0.662 e. The fraction of sp³-hybridized carbons (Fsp3) is 0.889. The standard InChI is InChI=1S/C36H70N.Na/c1-3-5-7-9-11-13-15-17-19-21-23-25-27-29-31-33-35-37-36-34-32-30-28-26-24-22-20-18-16-14-12-10-8-6-4-2;/h17-20H,3-16,21-36H2,1-2H3;/q-1;+1/b19-17-,20-18-;. The van der Waals surface area contributed by atoms with Crippen LogP contribution in [-0.4, -0.2) is 13.1 Å². The molecule has 0 saturated heterocycles. The van der Waals surface area contributed by atoms with Crippen LogP contribution in [0.15, 0.2) is 24.3 Å². The van der Waals surface area contributed by atoms with Crippen molar-refractivity contribution in [3.8, 4) is 0 Å². The van der Waals surface area contributed by atoms with Gasteiger partial charge in [0.1, 0.15) is 0 Å². The quantitative estimate of drug-likeness (QED) is 0.0458. The molecule has 0 atom stereocenters. The van der Waals surface area contributed by atoms with E-state index in [9.17, 15) is 0 Å². The summed E-state index contributed by atoms with van der Waals surface area (Å²) in [5, 5.41) is 4.76. The van der Waals surface area contributed by atoms with E-state index in [4.69, 9.17) is 5.32 Å². The maximum atomic E-state index is 4.76. The first-order valence-corrected chi connectivity index (χ1v) is 17.3. The zero-order valence-electron chi connectivity index (χ0n) is 27.0. The Hall–Kier alpha value is 0.440. The predicted octanol–water partition coefficient (Wildman–Crippen LogP) is 10.4. The van der Waals surface area contributed by atoms with Crippen molar-refractivity contribution in [1.29, 1.82) is 0 Å². The van der Waals surface area contributed by atoms with Crippen LogP contribution in [0.4, 0.5) is 0 Å². The molecule has 0 aliphatic carbocycles. The van der Waals surface area contributed by atoms with Gasteiger partial charge in [-0.05, 0) is 51.4 Å². The fourth-order valence-corrected chi connectivity index (χ4v) is 5.05. The van der Waals surface area contributed by atoms with Gasteiger partial charge in [-0.25, -0.2) is 0 Å². The van der Waals surface area contributed by atoms with Gasteiger partial charge in [0.15, 0.2) is 0 Å². The van der Waals surface area contributed by atoms with E-state index < -0.39 is 0 Å². The summed E-state index contributed by atoms with van der Waals surface area (Å²) in [6.07, 6.45) is 48.4. The molecule has 38 heavy (non-hydrogen) atoms. The third-order valence-electron chi connectivity index (χ3n) is 7.66. The molecule has 0 aromatic carbocycles.